The Balaban J connectivity index is 1.85. The number of aromatic nitrogens is 2. The fourth-order valence-electron chi connectivity index (χ4n) is 1.51. The van der Waals surface area contributed by atoms with Gasteiger partial charge in [-0.05, 0) is 18.9 Å². The lowest BCUT2D eigenvalue weighted by molar-refractivity contribution is 0.148. The van der Waals surface area contributed by atoms with E-state index in [-0.39, 0.29) is 0 Å². The fraction of sp³-hybridized carbons (Fsp3) is 0.700. The predicted octanol–water partition coefficient (Wildman–Crippen LogP) is 0.823. The highest BCUT2D eigenvalue weighted by atomic mass is 16.5. The second-order valence-corrected chi connectivity index (χ2v) is 3.78. The minimum Gasteiger partial charge on any atom is -0.382 e. The van der Waals surface area contributed by atoms with Crippen molar-refractivity contribution in [1.82, 2.24) is 15.1 Å². The van der Waals surface area contributed by atoms with E-state index in [9.17, 15) is 0 Å². The van der Waals surface area contributed by atoms with E-state index in [0.717, 1.165) is 12.6 Å². The van der Waals surface area contributed by atoms with Gasteiger partial charge in [-0.25, -0.2) is 0 Å². The molecule has 1 saturated carbocycles. The van der Waals surface area contributed by atoms with Gasteiger partial charge in [0.1, 0.15) is 0 Å². The van der Waals surface area contributed by atoms with E-state index in [1.807, 2.05) is 16.9 Å². The van der Waals surface area contributed by atoms with E-state index in [1.54, 1.807) is 13.3 Å². The topological polar surface area (TPSA) is 39.1 Å². The number of hydrogen-bond donors (Lipinski definition) is 1. The summed E-state index contributed by atoms with van der Waals surface area (Å²) in [4.78, 5) is 0. The molecular formula is C10H17N3O. The summed E-state index contributed by atoms with van der Waals surface area (Å²) >= 11 is 0. The number of nitrogens with zero attached hydrogens (tertiary/aromatic N) is 2. The smallest absolute Gasteiger partial charge is 0.0876 e. The van der Waals surface area contributed by atoms with Gasteiger partial charge < -0.3 is 10.1 Å². The molecule has 0 spiro atoms. The van der Waals surface area contributed by atoms with Crippen LogP contribution in [0, 0.1) is 0 Å². The van der Waals surface area contributed by atoms with Crippen LogP contribution in [-0.4, -0.2) is 36.1 Å². The fourth-order valence-corrected chi connectivity index (χ4v) is 1.51. The average molecular weight is 195 g/mol. The maximum absolute atomic E-state index is 5.18. The van der Waals surface area contributed by atoms with Gasteiger partial charge in [-0.15, -0.1) is 0 Å². The monoisotopic (exact) mass is 195 g/mol. The maximum Gasteiger partial charge on any atom is 0.0876 e. The summed E-state index contributed by atoms with van der Waals surface area (Å²) in [5, 5.41) is 7.72. The molecular weight excluding hydrogens is 178 g/mol. The summed E-state index contributed by atoms with van der Waals surface area (Å²) in [5.41, 5.74) is 0. The third kappa shape index (κ3) is 2.56. The number of ether oxygens (including phenoxy) is 1. The number of hydrogen-bond acceptors (Lipinski definition) is 3. The first-order valence-electron chi connectivity index (χ1n) is 5.11. The quantitative estimate of drug-likeness (QED) is 0.730. The zero-order valence-corrected chi connectivity index (χ0v) is 8.52. The third-order valence-corrected chi connectivity index (χ3v) is 2.48. The van der Waals surface area contributed by atoms with Crippen molar-refractivity contribution in [3.63, 3.8) is 0 Å². The molecule has 78 valence electrons. The summed E-state index contributed by atoms with van der Waals surface area (Å²) in [6, 6.07) is 3.00. The Kier molecular flexibility index (Phi) is 3.16. The maximum atomic E-state index is 5.18. The van der Waals surface area contributed by atoms with Crippen LogP contribution in [0.15, 0.2) is 18.5 Å². The minimum absolute atomic E-state index is 0.315. The number of methoxy groups -OCH3 is 1. The van der Waals surface area contributed by atoms with Crippen molar-refractivity contribution in [2.45, 2.75) is 24.9 Å². The molecule has 0 aromatic carbocycles. The molecule has 1 fully saturated rings. The molecule has 0 saturated heterocycles. The standard InChI is InChI=1S/C10H17N3O/c1-14-8-10(7-11-9-3-4-9)13-6-2-5-12-13/h2,5-6,9-11H,3-4,7-8H2,1H3. The van der Waals surface area contributed by atoms with Crippen molar-refractivity contribution < 1.29 is 4.74 Å². The molecule has 0 amide bonds. The summed E-state index contributed by atoms with van der Waals surface area (Å²) in [7, 11) is 1.73. The van der Waals surface area contributed by atoms with Gasteiger partial charge in [0, 0.05) is 32.1 Å². The van der Waals surface area contributed by atoms with Gasteiger partial charge >= 0.3 is 0 Å². The van der Waals surface area contributed by atoms with Crippen molar-refractivity contribution in [2.75, 3.05) is 20.3 Å². The van der Waals surface area contributed by atoms with Crippen molar-refractivity contribution in [3.8, 4) is 0 Å². The lowest BCUT2D eigenvalue weighted by atomic mass is 10.3. The summed E-state index contributed by atoms with van der Waals surface area (Å²) in [6.45, 7) is 1.65. The van der Waals surface area contributed by atoms with Crippen molar-refractivity contribution >= 4 is 0 Å². The van der Waals surface area contributed by atoms with E-state index in [2.05, 4.69) is 10.4 Å². The SMILES string of the molecule is COCC(CNC1CC1)n1cccn1. The van der Waals surface area contributed by atoms with Crippen molar-refractivity contribution in [2.24, 2.45) is 0 Å². The molecule has 1 heterocycles. The van der Waals surface area contributed by atoms with Crippen LogP contribution in [0.25, 0.3) is 0 Å². The highest BCUT2D eigenvalue weighted by molar-refractivity contribution is 4.86. The largest absolute Gasteiger partial charge is 0.382 e. The van der Waals surface area contributed by atoms with Crippen LogP contribution in [-0.2, 0) is 4.74 Å². The number of nitrogens with one attached hydrogen (secondary N) is 1. The van der Waals surface area contributed by atoms with E-state index in [1.165, 1.54) is 12.8 Å². The predicted molar refractivity (Wildman–Crippen MR) is 54.2 cm³/mol. The van der Waals surface area contributed by atoms with Gasteiger partial charge in [-0.3, -0.25) is 4.68 Å². The van der Waals surface area contributed by atoms with Gasteiger partial charge in [-0.1, -0.05) is 0 Å². The molecule has 0 bridgehead atoms. The molecule has 1 unspecified atom stereocenters. The second-order valence-electron chi connectivity index (χ2n) is 3.78. The van der Waals surface area contributed by atoms with Gasteiger partial charge in [0.25, 0.3) is 0 Å². The molecule has 1 aliphatic carbocycles. The first-order chi connectivity index (χ1) is 6.90. The molecule has 1 aliphatic rings. The molecule has 1 aromatic heterocycles. The Morgan fingerprint density at radius 1 is 1.64 bits per heavy atom. The lowest BCUT2D eigenvalue weighted by Crippen LogP contribution is -2.30. The Morgan fingerprint density at radius 2 is 2.50 bits per heavy atom. The molecule has 14 heavy (non-hydrogen) atoms. The highest BCUT2D eigenvalue weighted by Crippen LogP contribution is 2.19. The Morgan fingerprint density at radius 3 is 3.07 bits per heavy atom. The molecule has 4 nitrogen and oxygen atoms in total. The third-order valence-electron chi connectivity index (χ3n) is 2.48. The zero-order chi connectivity index (χ0) is 9.80. The molecule has 1 atom stereocenters. The summed E-state index contributed by atoms with van der Waals surface area (Å²) < 4.78 is 7.14. The van der Waals surface area contributed by atoms with E-state index < -0.39 is 0 Å². The molecule has 2 rings (SSSR count). The summed E-state index contributed by atoms with van der Waals surface area (Å²) in [6.07, 6.45) is 6.43. The first-order valence-corrected chi connectivity index (χ1v) is 5.11. The highest BCUT2D eigenvalue weighted by Gasteiger charge is 2.22. The van der Waals surface area contributed by atoms with Crippen LogP contribution in [0.5, 0.6) is 0 Å². The summed E-state index contributed by atoms with van der Waals surface area (Å²) in [5.74, 6) is 0. The van der Waals surface area contributed by atoms with E-state index >= 15 is 0 Å². The van der Waals surface area contributed by atoms with Crippen LogP contribution >= 0.6 is 0 Å². The van der Waals surface area contributed by atoms with Gasteiger partial charge in [0.2, 0.25) is 0 Å². The van der Waals surface area contributed by atoms with Crippen LogP contribution in [0.3, 0.4) is 0 Å². The van der Waals surface area contributed by atoms with Crippen molar-refractivity contribution in [1.29, 1.82) is 0 Å². The van der Waals surface area contributed by atoms with Crippen LogP contribution in [0.4, 0.5) is 0 Å². The van der Waals surface area contributed by atoms with E-state index in [0.29, 0.717) is 12.6 Å². The average Bonchev–Trinajstić information content (AvgIpc) is 2.86. The van der Waals surface area contributed by atoms with Gasteiger partial charge in [0.15, 0.2) is 0 Å². The number of rotatable bonds is 6. The van der Waals surface area contributed by atoms with Gasteiger partial charge in [-0.2, -0.15) is 5.10 Å². The van der Waals surface area contributed by atoms with Crippen LogP contribution in [0.1, 0.15) is 18.9 Å². The first kappa shape index (κ1) is 9.68. The lowest BCUT2D eigenvalue weighted by Gasteiger charge is -2.17. The molecule has 0 radical (unpaired) electrons. The molecule has 4 heteroatoms. The minimum atomic E-state index is 0.315. The Hall–Kier alpha value is -0.870. The normalized spacial score (nSPS) is 18.4. The Bertz CT molecular complexity index is 256. The zero-order valence-electron chi connectivity index (χ0n) is 8.52. The molecule has 1 aromatic rings. The van der Waals surface area contributed by atoms with E-state index in [4.69, 9.17) is 4.74 Å². The second kappa shape index (κ2) is 4.57. The molecule has 0 aliphatic heterocycles. The molecule has 1 N–H and O–H groups in total. The van der Waals surface area contributed by atoms with Crippen LogP contribution < -0.4 is 5.32 Å². The van der Waals surface area contributed by atoms with Crippen molar-refractivity contribution in [3.05, 3.63) is 18.5 Å². The van der Waals surface area contributed by atoms with Gasteiger partial charge in [0.05, 0.1) is 12.6 Å². The Labute approximate surface area is 84.3 Å². The van der Waals surface area contributed by atoms with Crippen LogP contribution in [0.2, 0.25) is 0 Å².